The molecule has 0 amide bonds. The number of nitrogens with zero attached hydrogens (tertiary/aromatic N) is 1. The molecule has 70 valence electrons. The molecule has 12 heavy (non-hydrogen) atoms. The molecule has 0 bridgehead atoms. The van der Waals surface area contributed by atoms with Crippen LogP contribution in [-0.2, 0) is 4.79 Å². The van der Waals surface area contributed by atoms with Crippen molar-refractivity contribution < 1.29 is 9.90 Å². The number of carboxylic acids is 1. The van der Waals surface area contributed by atoms with Crippen LogP contribution in [0.2, 0.25) is 0 Å². The Morgan fingerprint density at radius 3 is 2.67 bits per heavy atom. The summed E-state index contributed by atoms with van der Waals surface area (Å²) in [6, 6.07) is 0. The number of carboxylic acid groups (broad SMARTS) is 1. The number of hydrogen-bond donors (Lipinski definition) is 1. The van der Waals surface area contributed by atoms with Crippen LogP contribution in [0.5, 0.6) is 0 Å². The first-order chi connectivity index (χ1) is 5.65. The lowest BCUT2D eigenvalue weighted by Gasteiger charge is -2.12. The summed E-state index contributed by atoms with van der Waals surface area (Å²) in [4.78, 5) is 13.0. The molecule has 0 spiro atoms. The van der Waals surface area contributed by atoms with E-state index >= 15 is 0 Å². The lowest BCUT2D eigenvalue weighted by molar-refractivity contribution is -0.142. The summed E-state index contributed by atoms with van der Waals surface area (Å²) >= 11 is 0. The molecule has 1 heterocycles. The van der Waals surface area contributed by atoms with E-state index in [-0.39, 0.29) is 5.92 Å². The Morgan fingerprint density at radius 1 is 1.58 bits per heavy atom. The minimum atomic E-state index is -0.638. The Labute approximate surface area is 73.4 Å². The van der Waals surface area contributed by atoms with Gasteiger partial charge < -0.3 is 10.0 Å². The largest absolute Gasteiger partial charge is 0.481 e. The molecule has 3 heteroatoms. The Kier molecular flexibility index (Phi) is 3.09. The van der Waals surface area contributed by atoms with Gasteiger partial charge >= 0.3 is 5.97 Å². The number of hydrogen-bond acceptors (Lipinski definition) is 2. The average Bonchev–Trinajstić information content (AvgIpc) is 2.32. The van der Waals surface area contributed by atoms with Gasteiger partial charge in [-0.2, -0.15) is 0 Å². The molecule has 1 rings (SSSR count). The van der Waals surface area contributed by atoms with Crippen molar-refractivity contribution in [1.29, 1.82) is 0 Å². The van der Waals surface area contributed by atoms with Gasteiger partial charge in [0.25, 0.3) is 0 Å². The third kappa shape index (κ3) is 1.97. The minimum Gasteiger partial charge on any atom is -0.481 e. The second-order valence-corrected chi connectivity index (χ2v) is 3.68. The Morgan fingerprint density at radius 2 is 2.25 bits per heavy atom. The SMILES string of the molecule is CCCN1C[C@@H](C)[C@H](C(=O)O)C1. The van der Waals surface area contributed by atoms with Crippen LogP contribution < -0.4 is 0 Å². The van der Waals surface area contributed by atoms with E-state index in [0.717, 1.165) is 26.1 Å². The molecule has 1 aliphatic rings. The number of likely N-dealkylation sites (tertiary alicyclic amines) is 1. The fourth-order valence-corrected chi connectivity index (χ4v) is 1.89. The third-order valence-corrected chi connectivity index (χ3v) is 2.54. The molecule has 1 N–H and O–H groups in total. The van der Waals surface area contributed by atoms with Crippen LogP contribution in [0.4, 0.5) is 0 Å². The Balaban J connectivity index is 2.44. The topological polar surface area (TPSA) is 40.5 Å². The summed E-state index contributed by atoms with van der Waals surface area (Å²) in [7, 11) is 0. The van der Waals surface area contributed by atoms with Gasteiger partial charge in [0.1, 0.15) is 0 Å². The first kappa shape index (κ1) is 9.52. The van der Waals surface area contributed by atoms with Crippen LogP contribution in [0.25, 0.3) is 0 Å². The van der Waals surface area contributed by atoms with Crippen molar-refractivity contribution in [3.63, 3.8) is 0 Å². The normalized spacial score (nSPS) is 30.8. The van der Waals surface area contributed by atoms with E-state index in [0.29, 0.717) is 5.92 Å². The smallest absolute Gasteiger partial charge is 0.308 e. The second kappa shape index (κ2) is 3.90. The van der Waals surface area contributed by atoms with E-state index < -0.39 is 5.97 Å². The van der Waals surface area contributed by atoms with Crippen molar-refractivity contribution >= 4 is 5.97 Å². The summed E-state index contributed by atoms with van der Waals surface area (Å²) < 4.78 is 0. The van der Waals surface area contributed by atoms with Gasteiger partial charge in [-0.05, 0) is 18.9 Å². The molecule has 0 saturated carbocycles. The lowest BCUT2D eigenvalue weighted by atomic mass is 9.99. The minimum absolute atomic E-state index is 0.142. The molecular formula is C9H17NO2. The number of rotatable bonds is 3. The fraction of sp³-hybridized carbons (Fsp3) is 0.889. The molecule has 1 aliphatic heterocycles. The molecule has 1 fully saturated rings. The fourth-order valence-electron chi connectivity index (χ4n) is 1.89. The highest BCUT2D eigenvalue weighted by molar-refractivity contribution is 5.71. The molecule has 2 atom stereocenters. The summed E-state index contributed by atoms with van der Waals surface area (Å²) in [5, 5.41) is 8.84. The van der Waals surface area contributed by atoms with E-state index in [2.05, 4.69) is 11.8 Å². The molecule has 0 radical (unpaired) electrons. The van der Waals surface area contributed by atoms with Gasteiger partial charge in [-0.15, -0.1) is 0 Å². The second-order valence-electron chi connectivity index (χ2n) is 3.68. The highest BCUT2D eigenvalue weighted by Crippen LogP contribution is 2.22. The van der Waals surface area contributed by atoms with Crippen LogP contribution in [0.3, 0.4) is 0 Å². The zero-order valence-electron chi connectivity index (χ0n) is 7.79. The van der Waals surface area contributed by atoms with Gasteiger partial charge in [0.05, 0.1) is 5.92 Å². The average molecular weight is 171 g/mol. The van der Waals surface area contributed by atoms with E-state index in [9.17, 15) is 4.79 Å². The molecule has 1 saturated heterocycles. The summed E-state index contributed by atoms with van der Waals surface area (Å²) in [5.41, 5.74) is 0. The standard InChI is InChI=1S/C9H17NO2/c1-3-4-10-5-7(2)8(6-10)9(11)12/h7-8H,3-6H2,1-2H3,(H,11,12)/t7-,8-/m1/s1. The Hall–Kier alpha value is -0.570. The maximum atomic E-state index is 10.7. The van der Waals surface area contributed by atoms with E-state index in [1.807, 2.05) is 6.92 Å². The summed E-state index contributed by atoms with van der Waals surface area (Å²) in [6.45, 7) is 6.87. The predicted molar refractivity (Wildman–Crippen MR) is 47.0 cm³/mol. The van der Waals surface area contributed by atoms with Gasteiger partial charge in [0.15, 0.2) is 0 Å². The van der Waals surface area contributed by atoms with Crippen molar-refractivity contribution in [1.82, 2.24) is 4.90 Å². The van der Waals surface area contributed by atoms with Gasteiger partial charge in [-0.25, -0.2) is 0 Å². The molecule has 0 aliphatic carbocycles. The van der Waals surface area contributed by atoms with Crippen LogP contribution >= 0.6 is 0 Å². The van der Waals surface area contributed by atoms with Crippen LogP contribution in [0, 0.1) is 11.8 Å². The first-order valence-electron chi connectivity index (χ1n) is 4.60. The van der Waals surface area contributed by atoms with E-state index in [1.165, 1.54) is 0 Å². The molecule has 0 unspecified atom stereocenters. The maximum Gasteiger partial charge on any atom is 0.308 e. The van der Waals surface area contributed by atoms with Crippen molar-refractivity contribution in [2.75, 3.05) is 19.6 Å². The van der Waals surface area contributed by atoms with Gasteiger partial charge in [-0.3, -0.25) is 4.79 Å². The van der Waals surface area contributed by atoms with Crippen molar-refractivity contribution in [2.45, 2.75) is 20.3 Å². The Bertz CT molecular complexity index is 170. The van der Waals surface area contributed by atoms with Crippen LogP contribution in [0.15, 0.2) is 0 Å². The van der Waals surface area contributed by atoms with Crippen LogP contribution in [-0.4, -0.2) is 35.6 Å². The van der Waals surface area contributed by atoms with Crippen molar-refractivity contribution in [3.05, 3.63) is 0 Å². The van der Waals surface area contributed by atoms with Crippen molar-refractivity contribution in [3.8, 4) is 0 Å². The quantitative estimate of drug-likeness (QED) is 0.690. The van der Waals surface area contributed by atoms with E-state index in [4.69, 9.17) is 5.11 Å². The maximum absolute atomic E-state index is 10.7. The van der Waals surface area contributed by atoms with Gasteiger partial charge in [-0.1, -0.05) is 13.8 Å². The highest BCUT2D eigenvalue weighted by atomic mass is 16.4. The van der Waals surface area contributed by atoms with Gasteiger partial charge in [0, 0.05) is 13.1 Å². The van der Waals surface area contributed by atoms with Gasteiger partial charge in [0.2, 0.25) is 0 Å². The lowest BCUT2D eigenvalue weighted by Crippen LogP contribution is -2.23. The molecule has 0 aromatic rings. The zero-order valence-corrected chi connectivity index (χ0v) is 7.79. The predicted octanol–water partition coefficient (Wildman–Crippen LogP) is 1.05. The molecular weight excluding hydrogens is 154 g/mol. The molecule has 3 nitrogen and oxygen atoms in total. The molecule has 0 aromatic carbocycles. The van der Waals surface area contributed by atoms with E-state index in [1.54, 1.807) is 0 Å². The summed E-state index contributed by atoms with van der Waals surface area (Å²) in [6.07, 6.45) is 1.11. The number of carbonyl (C=O) groups is 1. The highest BCUT2D eigenvalue weighted by Gasteiger charge is 2.33. The third-order valence-electron chi connectivity index (χ3n) is 2.54. The number of aliphatic carboxylic acids is 1. The first-order valence-corrected chi connectivity index (χ1v) is 4.60. The van der Waals surface area contributed by atoms with Crippen LogP contribution in [0.1, 0.15) is 20.3 Å². The zero-order chi connectivity index (χ0) is 9.14. The molecule has 0 aromatic heterocycles. The van der Waals surface area contributed by atoms with Crippen molar-refractivity contribution in [2.24, 2.45) is 11.8 Å². The summed E-state index contributed by atoms with van der Waals surface area (Å²) in [5.74, 6) is -0.466. The monoisotopic (exact) mass is 171 g/mol.